The lowest BCUT2D eigenvalue weighted by atomic mass is 10.0. The predicted molar refractivity (Wildman–Crippen MR) is 134 cm³/mol. The van der Waals surface area contributed by atoms with E-state index >= 15 is 0 Å². The number of aromatic nitrogens is 1. The van der Waals surface area contributed by atoms with E-state index in [4.69, 9.17) is 37.1 Å². The molecule has 174 valence electrons. The molecular weight excluding hydrogens is 475 g/mol. The van der Waals surface area contributed by atoms with Crippen LogP contribution in [0.3, 0.4) is 0 Å². The zero-order valence-corrected chi connectivity index (χ0v) is 20.6. The maximum Gasteiger partial charge on any atom is 0.139 e. The number of benzene rings is 2. The molecule has 0 aliphatic rings. The zero-order chi connectivity index (χ0) is 24.4. The number of nitrogens with zero attached hydrogens (tertiary/aromatic N) is 3. The maximum atomic E-state index is 9.75. The number of ether oxygens (including phenoxy) is 2. The van der Waals surface area contributed by atoms with Gasteiger partial charge < -0.3 is 24.1 Å². The standard InChI is InChI=1S/C25H22Cl2N4O3/c1-31(2)12-16-5-14(13-34-16)17-6-21-18(7-23(17)32-3)25(15(10-28)11-29-21)30-22-9-24(33-4)20(27)8-19(22)26/h5-9,11,13H,12H2,1-4H3,(H,29,30). The summed E-state index contributed by atoms with van der Waals surface area (Å²) in [6, 6.07) is 11.2. The van der Waals surface area contributed by atoms with E-state index in [-0.39, 0.29) is 0 Å². The van der Waals surface area contributed by atoms with Crippen molar-refractivity contribution >= 4 is 45.5 Å². The first-order valence-electron chi connectivity index (χ1n) is 10.3. The molecule has 4 rings (SSSR count). The number of methoxy groups -OCH3 is 2. The lowest BCUT2D eigenvalue weighted by molar-refractivity contribution is 0.350. The molecule has 7 nitrogen and oxygen atoms in total. The minimum Gasteiger partial charge on any atom is -0.496 e. The van der Waals surface area contributed by atoms with Crippen molar-refractivity contribution < 1.29 is 13.9 Å². The van der Waals surface area contributed by atoms with Crippen LogP contribution in [0.4, 0.5) is 11.4 Å². The van der Waals surface area contributed by atoms with Crippen molar-refractivity contribution in [3.8, 4) is 28.7 Å². The second kappa shape index (κ2) is 9.82. The zero-order valence-electron chi connectivity index (χ0n) is 19.1. The fourth-order valence-electron chi connectivity index (χ4n) is 3.67. The van der Waals surface area contributed by atoms with Crippen molar-refractivity contribution in [2.45, 2.75) is 6.54 Å². The quantitative estimate of drug-likeness (QED) is 0.312. The van der Waals surface area contributed by atoms with E-state index in [0.717, 1.165) is 16.9 Å². The summed E-state index contributed by atoms with van der Waals surface area (Å²) in [5.41, 5.74) is 3.82. The summed E-state index contributed by atoms with van der Waals surface area (Å²) in [7, 11) is 7.08. The summed E-state index contributed by atoms with van der Waals surface area (Å²) >= 11 is 12.6. The largest absolute Gasteiger partial charge is 0.496 e. The van der Waals surface area contributed by atoms with E-state index in [0.29, 0.717) is 55.9 Å². The molecule has 2 aromatic carbocycles. The Bertz CT molecular complexity index is 1410. The third kappa shape index (κ3) is 4.62. The molecule has 9 heteroatoms. The van der Waals surface area contributed by atoms with Crippen LogP contribution < -0.4 is 14.8 Å². The predicted octanol–water partition coefficient (Wildman–Crippen LogP) is 6.50. The lowest BCUT2D eigenvalue weighted by Crippen LogP contribution is -2.09. The number of anilines is 2. The number of hydrogen-bond acceptors (Lipinski definition) is 7. The highest BCUT2D eigenvalue weighted by Gasteiger charge is 2.18. The van der Waals surface area contributed by atoms with Crippen LogP contribution in [-0.4, -0.2) is 38.2 Å². The van der Waals surface area contributed by atoms with Crippen LogP contribution in [0.1, 0.15) is 11.3 Å². The number of furan rings is 1. The normalized spacial score (nSPS) is 11.0. The molecule has 0 spiro atoms. The van der Waals surface area contributed by atoms with Crippen molar-refractivity contribution in [2.24, 2.45) is 0 Å². The van der Waals surface area contributed by atoms with Crippen molar-refractivity contribution in [1.29, 1.82) is 5.26 Å². The van der Waals surface area contributed by atoms with Gasteiger partial charge in [0, 0.05) is 28.8 Å². The lowest BCUT2D eigenvalue weighted by Gasteiger charge is -2.16. The highest BCUT2D eigenvalue weighted by atomic mass is 35.5. The molecule has 34 heavy (non-hydrogen) atoms. The molecule has 1 N–H and O–H groups in total. The van der Waals surface area contributed by atoms with E-state index in [1.54, 1.807) is 25.5 Å². The summed E-state index contributed by atoms with van der Waals surface area (Å²) in [5, 5.41) is 14.5. The molecule has 0 aliphatic heterocycles. The Balaban J connectivity index is 1.85. The minimum absolute atomic E-state index is 0.351. The van der Waals surface area contributed by atoms with E-state index in [1.807, 2.05) is 37.2 Å². The molecule has 0 fully saturated rings. The van der Waals surface area contributed by atoms with Crippen LogP contribution in [-0.2, 0) is 6.54 Å². The molecule has 0 saturated carbocycles. The van der Waals surface area contributed by atoms with E-state index in [9.17, 15) is 5.26 Å². The van der Waals surface area contributed by atoms with E-state index in [2.05, 4.69) is 16.4 Å². The fourth-order valence-corrected chi connectivity index (χ4v) is 4.17. The van der Waals surface area contributed by atoms with E-state index < -0.39 is 0 Å². The molecule has 2 aromatic heterocycles. The first-order chi connectivity index (χ1) is 16.3. The first-order valence-corrected chi connectivity index (χ1v) is 11.0. The van der Waals surface area contributed by atoms with Gasteiger partial charge in [0.15, 0.2) is 0 Å². The number of halogens is 2. The number of nitriles is 1. The van der Waals surface area contributed by atoms with Gasteiger partial charge in [-0.2, -0.15) is 5.26 Å². The van der Waals surface area contributed by atoms with Crippen LogP contribution in [0.25, 0.3) is 22.0 Å². The minimum atomic E-state index is 0.351. The molecule has 0 aliphatic carbocycles. The highest BCUT2D eigenvalue weighted by molar-refractivity contribution is 6.37. The molecule has 0 saturated heterocycles. The van der Waals surface area contributed by atoms with E-state index in [1.165, 1.54) is 13.3 Å². The van der Waals surface area contributed by atoms with Gasteiger partial charge in [-0.15, -0.1) is 0 Å². The highest BCUT2D eigenvalue weighted by Crippen LogP contribution is 2.41. The Morgan fingerprint density at radius 3 is 2.50 bits per heavy atom. The van der Waals surface area contributed by atoms with Crippen molar-refractivity contribution in [2.75, 3.05) is 33.6 Å². The molecule has 0 atom stereocenters. The van der Waals surface area contributed by atoms with Gasteiger partial charge in [-0.1, -0.05) is 23.2 Å². The Hall–Kier alpha value is -3.44. The van der Waals surface area contributed by atoms with Crippen LogP contribution in [0, 0.1) is 11.3 Å². The van der Waals surface area contributed by atoms with Crippen LogP contribution in [0.15, 0.2) is 47.2 Å². The summed E-state index contributed by atoms with van der Waals surface area (Å²) in [5.74, 6) is 1.91. The van der Waals surface area contributed by atoms with Gasteiger partial charge in [-0.3, -0.25) is 4.98 Å². The van der Waals surface area contributed by atoms with Gasteiger partial charge >= 0.3 is 0 Å². The second-order valence-corrected chi connectivity index (χ2v) is 8.67. The maximum absolute atomic E-state index is 9.75. The average Bonchev–Trinajstić information content (AvgIpc) is 3.27. The smallest absolute Gasteiger partial charge is 0.139 e. The topological polar surface area (TPSA) is 83.5 Å². The van der Waals surface area contributed by atoms with Gasteiger partial charge in [-0.25, -0.2) is 0 Å². The van der Waals surface area contributed by atoms with Crippen LogP contribution >= 0.6 is 23.2 Å². The number of rotatable bonds is 7. The number of hydrogen-bond donors (Lipinski definition) is 1. The molecular formula is C25H22Cl2N4O3. The Morgan fingerprint density at radius 2 is 1.82 bits per heavy atom. The number of pyridine rings is 1. The average molecular weight is 497 g/mol. The van der Waals surface area contributed by atoms with Gasteiger partial charge in [0.2, 0.25) is 0 Å². The SMILES string of the molecule is COc1cc(Nc2c(C#N)cnc3cc(-c4coc(CN(C)C)c4)c(OC)cc23)c(Cl)cc1Cl. The van der Waals surface area contributed by atoms with Crippen LogP contribution in [0.5, 0.6) is 11.5 Å². The summed E-state index contributed by atoms with van der Waals surface area (Å²) in [6.45, 7) is 0.680. The Morgan fingerprint density at radius 1 is 1.06 bits per heavy atom. The molecule has 0 radical (unpaired) electrons. The molecule has 2 heterocycles. The van der Waals surface area contributed by atoms with Crippen molar-refractivity contribution in [3.63, 3.8) is 0 Å². The second-order valence-electron chi connectivity index (χ2n) is 7.86. The van der Waals surface area contributed by atoms with Gasteiger partial charge in [0.1, 0.15) is 23.3 Å². The monoisotopic (exact) mass is 496 g/mol. The summed E-state index contributed by atoms with van der Waals surface area (Å²) in [6.07, 6.45) is 3.22. The van der Waals surface area contributed by atoms with Crippen molar-refractivity contribution in [3.05, 3.63) is 64.2 Å². The first kappa shape index (κ1) is 23.7. The van der Waals surface area contributed by atoms with Gasteiger partial charge in [0.25, 0.3) is 0 Å². The third-order valence-electron chi connectivity index (χ3n) is 5.25. The fraction of sp³-hybridized carbons (Fsp3) is 0.200. The summed E-state index contributed by atoms with van der Waals surface area (Å²) < 4.78 is 16.7. The molecule has 0 unspecified atom stereocenters. The summed E-state index contributed by atoms with van der Waals surface area (Å²) in [4.78, 5) is 6.53. The molecule has 0 amide bonds. The Kier molecular flexibility index (Phi) is 6.85. The van der Waals surface area contributed by atoms with Gasteiger partial charge in [-0.05, 0) is 38.4 Å². The van der Waals surface area contributed by atoms with Gasteiger partial charge in [0.05, 0.1) is 59.5 Å². The molecule has 0 bridgehead atoms. The third-order valence-corrected chi connectivity index (χ3v) is 5.86. The Labute approximate surface area is 207 Å². The number of fused-ring (bicyclic) bond motifs is 1. The molecule has 4 aromatic rings. The number of nitrogens with one attached hydrogen (secondary N) is 1. The van der Waals surface area contributed by atoms with Crippen LogP contribution in [0.2, 0.25) is 10.0 Å². The van der Waals surface area contributed by atoms with Crippen molar-refractivity contribution in [1.82, 2.24) is 9.88 Å².